The van der Waals surface area contributed by atoms with Crippen LogP contribution in [-0.2, 0) is 0 Å². The van der Waals surface area contributed by atoms with E-state index in [4.69, 9.17) is 17.0 Å². The van der Waals surface area contributed by atoms with Crippen LogP contribution < -0.4 is 5.32 Å². The summed E-state index contributed by atoms with van der Waals surface area (Å²) in [5, 5.41) is 20.5. The Hall–Kier alpha value is -2.40. The summed E-state index contributed by atoms with van der Waals surface area (Å²) in [7, 11) is 0. The quantitative estimate of drug-likeness (QED) is 0.455. The molecule has 96 valence electrons. The summed E-state index contributed by atoms with van der Waals surface area (Å²) < 4.78 is 0. The number of aliphatic hydroxyl groups excluding tert-OH is 1. The molecular weight excluding hydrogens is 264 g/mol. The van der Waals surface area contributed by atoms with Gasteiger partial charge in [-0.3, -0.25) is 0 Å². The normalized spacial score (nSPS) is 11.1. The van der Waals surface area contributed by atoms with Gasteiger partial charge in [-0.2, -0.15) is 0 Å². The Morgan fingerprint density at radius 2 is 2.00 bits per heavy atom. The molecule has 0 bridgehead atoms. The third-order valence-electron chi connectivity index (χ3n) is 2.26. The lowest BCUT2D eigenvalue weighted by molar-refractivity contribution is 0.420. The van der Waals surface area contributed by atoms with Gasteiger partial charge in [-0.25, -0.2) is 9.97 Å². The molecule has 1 aromatic carbocycles. The lowest BCUT2D eigenvalue weighted by Crippen LogP contribution is -2.04. The number of nitrogens with one attached hydrogen (secondary N) is 2. The second-order valence-electron chi connectivity index (χ2n) is 3.66. The van der Waals surface area contributed by atoms with Gasteiger partial charge in [-0.1, -0.05) is 41.9 Å². The minimum Gasteiger partial charge on any atom is -0.494 e. The van der Waals surface area contributed by atoms with E-state index in [2.05, 4.69) is 15.3 Å². The molecule has 0 radical (unpaired) electrons. The average molecular weight is 275 g/mol. The summed E-state index contributed by atoms with van der Waals surface area (Å²) in [5.41, 5.74) is 0.891. The number of hydrogen-bond donors (Lipinski definition) is 3. The molecule has 0 unspecified atom stereocenters. The number of hydrogen-bond acceptors (Lipinski definition) is 5. The Bertz CT molecular complexity index is 613. The largest absolute Gasteiger partial charge is 0.494 e. The van der Waals surface area contributed by atoms with Crippen molar-refractivity contribution in [3.63, 3.8) is 0 Å². The van der Waals surface area contributed by atoms with Crippen LogP contribution in [0.5, 0.6) is 0 Å². The first-order chi connectivity index (χ1) is 9.15. The van der Waals surface area contributed by atoms with Crippen molar-refractivity contribution in [2.45, 2.75) is 0 Å². The highest BCUT2D eigenvalue weighted by molar-refractivity contribution is 6.29. The molecule has 3 N–H and O–H groups in total. The fraction of sp³-hybridized carbons (Fsp3) is 0. The highest BCUT2D eigenvalue weighted by Gasteiger charge is 2.02. The Balaban J connectivity index is 2.09. The van der Waals surface area contributed by atoms with Crippen LogP contribution in [0.2, 0.25) is 5.15 Å². The summed E-state index contributed by atoms with van der Waals surface area (Å²) in [6, 6.07) is 10.6. The zero-order chi connectivity index (χ0) is 13.7. The van der Waals surface area contributed by atoms with Gasteiger partial charge in [-0.05, 0) is 5.56 Å². The van der Waals surface area contributed by atoms with Crippen LogP contribution in [0.25, 0.3) is 0 Å². The average Bonchev–Trinajstić information content (AvgIpc) is 2.39. The highest BCUT2D eigenvalue weighted by atomic mass is 35.5. The first-order valence-corrected chi connectivity index (χ1v) is 5.82. The smallest absolute Gasteiger partial charge is 0.191 e. The molecule has 0 aliphatic rings. The molecule has 6 heteroatoms. The molecule has 1 aromatic heterocycles. The zero-order valence-corrected chi connectivity index (χ0v) is 10.6. The van der Waals surface area contributed by atoms with Crippen molar-refractivity contribution in [3.05, 3.63) is 65.4 Å². The maximum absolute atomic E-state index is 9.73. The van der Waals surface area contributed by atoms with Gasteiger partial charge in [0.1, 0.15) is 17.3 Å². The third-order valence-corrected chi connectivity index (χ3v) is 2.46. The van der Waals surface area contributed by atoms with Crippen molar-refractivity contribution in [1.29, 1.82) is 5.41 Å². The molecule has 2 aromatic rings. The maximum Gasteiger partial charge on any atom is 0.191 e. The van der Waals surface area contributed by atoms with Crippen molar-refractivity contribution in [1.82, 2.24) is 9.97 Å². The monoisotopic (exact) mass is 274 g/mol. The van der Waals surface area contributed by atoms with Gasteiger partial charge < -0.3 is 15.8 Å². The predicted molar refractivity (Wildman–Crippen MR) is 74.6 cm³/mol. The number of benzene rings is 1. The number of aromatic nitrogens is 2. The van der Waals surface area contributed by atoms with E-state index in [1.54, 1.807) is 12.1 Å². The molecule has 0 aliphatic heterocycles. The number of rotatable bonds is 4. The Morgan fingerprint density at radius 1 is 1.26 bits per heavy atom. The zero-order valence-electron chi connectivity index (χ0n) is 9.84. The van der Waals surface area contributed by atoms with Crippen LogP contribution >= 0.6 is 11.6 Å². The van der Waals surface area contributed by atoms with Gasteiger partial charge in [0.2, 0.25) is 0 Å². The molecule has 1 heterocycles. The van der Waals surface area contributed by atoms with Crippen LogP contribution in [0.1, 0.15) is 5.56 Å². The molecule has 0 atom stereocenters. The maximum atomic E-state index is 9.73. The van der Waals surface area contributed by atoms with E-state index in [0.29, 0.717) is 11.4 Å². The first-order valence-electron chi connectivity index (χ1n) is 5.44. The molecular formula is C13H11ClN4O. The summed E-state index contributed by atoms with van der Waals surface area (Å²) in [6.07, 6.45) is 2.58. The van der Waals surface area contributed by atoms with E-state index in [0.717, 1.165) is 0 Å². The van der Waals surface area contributed by atoms with Crippen molar-refractivity contribution < 1.29 is 5.11 Å². The van der Waals surface area contributed by atoms with E-state index in [1.165, 1.54) is 18.5 Å². The fourth-order valence-corrected chi connectivity index (χ4v) is 1.55. The van der Waals surface area contributed by atoms with E-state index < -0.39 is 0 Å². The van der Waals surface area contributed by atoms with Crippen LogP contribution in [0.4, 0.5) is 5.82 Å². The Labute approximate surface area is 115 Å². The van der Waals surface area contributed by atoms with Crippen LogP contribution in [-0.4, -0.2) is 20.8 Å². The van der Waals surface area contributed by atoms with Gasteiger partial charge in [0, 0.05) is 12.1 Å². The molecule has 19 heavy (non-hydrogen) atoms. The molecule has 2 rings (SSSR count). The van der Waals surface area contributed by atoms with E-state index in [1.807, 2.05) is 18.2 Å². The van der Waals surface area contributed by atoms with Gasteiger partial charge in [0.05, 0.1) is 5.71 Å². The van der Waals surface area contributed by atoms with E-state index in [9.17, 15) is 5.11 Å². The second kappa shape index (κ2) is 5.97. The molecule has 0 saturated carbocycles. The molecule has 0 saturated heterocycles. The number of aliphatic hydroxyl groups is 1. The summed E-state index contributed by atoms with van der Waals surface area (Å²) in [6.45, 7) is 0. The summed E-state index contributed by atoms with van der Waals surface area (Å²) in [5.74, 6) is 0.165. The third kappa shape index (κ3) is 3.79. The lowest BCUT2D eigenvalue weighted by atomic mass is 10.1. The van der Waals surface area contributed by atoms with Crippen molar-refractivity contribution in [2.24, 2.45) is 0 Å². The van der Waals surface area contributed by atoms with Gasteiger partial charge in [-0.15, -0.1) is 0 Å². The van der Waals surface area contributed by atoms with Crippen molar-refractivity contribution >= 4 is 23.1 Å². The lowest BCUT2D eigenvalue weighted by Gasteiger charge is -2.04. The van der Waals surface area contributed by atoms with Crippen LogP contribution in [0.3, 0.4) is 0 Å². The van der Waals surface area contributed by atoms with Gasteiger partial charge in [0.25, 0.3) is 0 Å². The van der Waals surface area contributed by atoms with E-state index in [-0.39, 0.29) is 16.7 Å². The van der Waals surface area contributed by atoms with Gasteiger partial charge in [0.15, 0.2) is 5.88 Å². The molecule has 0 spiro atoms. The van der Waals surface area contributed by atoms with Crippen LogP contribution in [0, 0.1) is 5.41 Å². The molecule has 0 fully saturated rings. The van der Waals surface area contributed by atoms with Crippen molar-refractivity contribution in [2.75, 3.05) is 5.32 Å². The summed E-state index contributed by atoms with van der Waals surface area (Å²) in [4.78, 5) is 7.61. The van der Waals surface area contributed by atoms with Crippen molar-refractivity contribution in [3.8, 4) is 0 Å². The standard InChI is InChI=1S/C13H11ClN4O/c14-11-7-12(17-8-16-11)18-13(19)6-10(15)9-4-2-1-3-5-9/h1-8,15,19H,(H,16,17,18)/b13-6+,15-10?. The van der Waals surface area contributed by atoms with Gasteiger partial charge >= 0.3 is 0 Å². The number of allylic oxidation sites excluding steroid dienone is 1. The predicted octanol–water partition coefficient (Wildman–Crippen LogP) is 3.01. The second-order valence-corrected chi connectivity index (χ2v) is 4.05. The molecule has 0 aliphatic carbocycles. The topological polar surface area (TPSA) is 81.9 Å². The highest BCUT2D eigenvalue weighted by Crippen LogP contribution is 2.10. The number of nitrogens with zero attached hydrogens (tertiary/aromatic N) is 2. The molecule has 0 amide bonds. The van der Waals surface area contributed by atoms with Crippen LogP contribution in [0.15, 0.2) is 54.7 Å². The number of anilines is 1. The first kappa shape index (κ1) is 13.0. The fourth-order valence-electron chi connectivity index (χ4n) is 1.41. The van der Waals surface area contributed by atoms with E-state index >= 15 is 0 Å². The SMILES string of the molecule is N=C(/C=C(/O)Nc1cc(Cl)ncn1)c1ccccc1. The molecule has 5 nitrogen and oxygen atoms in total. The minimum atomic E-state index is -0.191. The number of halogens is 1. The Kier molecular flexibility index (Phi) is 4.10. The minimum absolute atomic E-state index is 0.186. The Morgan fingerprint density at radius 3 is 2.68 bits per heavy atom. The summed E-state index contributed by atoms with van der Waals surface area (Å²) >= 11 is 5.70.